The molecule has 0 spiro atoms. The third-order valence-corrected chi connectivity index (χ3v) is 8.42. The SMILES string of the molecule is CCOC(=O)n1c(C(=O)C2CCNC2)c(NC(=O)C(C)P(=O)(OCC)OCC)c2cc(Cl)ccc21. The number of nitrogens with one attached hydrogen (secondary N) is 2. The average Bonchev–Trinajstić information content (AvgIpc) is 3.45. The molecule has 0 aliphatic carbocycles. The molecule has 10 nitrogen and oxygen atoms in total. The van der Waals surface area contributed by atoms with Crippen LogP contribution in [0.1, 0.15) is 44.6 Å². The van der Waals surface area contributed by atoms with E-state index in [9.17, 15) is 18.9 Å². The Morgan fingerprint density at radius 2 is 1.89 bits per heavy atom. The second-order valence-corrected chi connectivity index (χ2v) is 10.8. The maximum absolute atomic E-state index is 13.6. The van der Waals surface area contributed by atoms with E-state index in [1.54, 1.807) is 39.0 Å². The largest absolute Gasteiger partial charge is 0.449 e. The van der Waals surface area contributed by atoms with Crippen molar-refractivity contribution in [2.24, 2.45) is 5.92 Å². The Balaban J connectivity index is 2.17. The normalized spacial score (nSPS) is 16.9. The van der Waals surface area contributed by atoms with Crippen molar-refractivity contribution in [1.82, 2.24) is 9.88 Å². The second kappa shape index (κ2) is 11.7. The minimum Gasteiger partial charge on any atom is -0.449 e. The number of ketones is 1. The number of ether oxygens (including phenoxy) is 1. The van der Waals surface area contributed by atoms with E-state index in [-0.39, 0.29) is 37.0 Å². The smallest absolute Gasteiger partial charge is 0.419 e. The first kappa shape index (κ1) is 27.4. The molecule has 192 valence electrons. The molecule has 2 N–H and O–H groups in total. The van der Waals surface area contributed by atoms with Gasteiger partial charge in [0.15, 0.2) is 5.78 Å². The summed E-state index contributed by atoms with van der Waals surface area (Å²) in [6, 6.07) is 4.72. The molecule has 1 saturated heterocycles. The number of rotatable bonds is 10. The molecule has 2 aromatic rings. The molecule has 1 aliphatic heterocycles. The van der Waals surface area contributed by atoms with E-state index in [0.29, 0.717) is 35.4 Å². The number of hydrogen-bond donors (Lipinski definition) is 2. The van der Waals surface area contributed by atoms with E-state index in [4.69, 9.17) is 25.4 Å². The molecular formula is C23H31ClN3O7P. The van der Waals surface area contributed by atoms with Gasteiger partial charge in [0.05, 0.1) is 31.0 Å². The monoisotopic (exact) mass is 527 g/mol. The van der Waals surface area contributed by atoms with Gasteiger partial charge >= 0.3 is 13.7 Å². The molecule has 1 fully saturated rings. The van der Waals surface area contributed by atoms with E-state index >= 15 is 0 Å². The first-order chi connectivity index (χ1) is 16.7. The molecule has 1 aliphatic rings. The highest BCUT2D eigenvalue weighted by Crippen LogP contribution is 2.53. The third kappa shape index (κ3) is 5.62. The number of fused-ring (bicyclic) bond motifs is 1. The predicted octanol–water partition coefficient (Wildman–Crippen LogP) is 4.68. The van der Waals surface area contributed by atoms with Crippen LogP contribution < -0.4 is 10.6 Å². The number of nitrogens with zero attached hydrogens (tertiary/aromatic N) is 1. The Kier molecular flexibility index (Phi) is 9.12. The second-order valence-electron chi connectivity index (χ2n) is 8.01. The first-order valence-electron chi connectivity index (χ1n) is 11.6. The summed E-state index contributed by atoms with van der Waals surface area (Å²) in [5.41, 5.74) is -0.747. The van der Waals surface area contributed by atoms with Crippen molar-refractivity contribution in [3.05, 3.63) is 28.9 Å². The van der Waals surface area contributed by atoms with Crippen LogP contribution in [0, 0.1) is 5.92 Å². The zero-order chi connectivity index (χ0) is 25.8. The number of carbonyl (C=O) groups excluding carboxylic acids is 3. The summed E-state index contributed by atoms with van der Waals surface area (Å²) < 4.78 is 30.3. The van der Waals surface area contributed by atoms with Gasteiger partial charge in [-0.05, 0) is 58.9 Å². The van der Waals surface area contributed by atoms with E-state index in [1.807, 2.05) is 0 Å². The molecule has 3 rings (SSSR count). The summed E-state index contributed by atoms with van der Waals surface area (Å²) in [5, 5.41) is 6.59. The standard InChI is InChI=1S/C23H31ClN3O7P/c1-5-32-23(30)27-18-9-8-16(24)12-17(18)19(20(27)21(28)15-10-11-25-13-15)26-22(29)14(4)35(31,33-6-2)34-7-3/h8-9,12,14-15,25H,5-7,10-11,13H2,1-4H3,(H,26,29). The van der Waals surface area contributed by atoms with Crippen LogP contribution in [-0.2, 0) is 23.1 Å². The van der Waals surface area contributed by atoms with Gasteiger partial charge in [0, 0.05) is 22.9 Å². The number of benzene rings is 1. The lowest BCUT2D eigenvalue weighted by molar-refractivity contribution is -0.116. The number of halogens is 1. The van der Waals surface area contributed by atoms with Crippen molar-refractivity contribution in [1.29, 1.82) is 0 Å². The quantitative estimate of drug-likeness (QED) is 0.337. The van der Waals surface area contributed by atoms with E-state index < -0.39 is 31.2 Å². The van der Waals surface area contributed by atoms with Crippen molar-refractivity contribution < 1.29 is 32.7 Å². The molecule has 1 aromatic carbocycles. The van der Waals surface area contributed by atoms with Gasteiger partial charge in [-0.1, -0.05) is 11.6 Å². The Hall–Kier alpha value is -2.23. The Morgan fingerprint density at radius 3 is 2.46 bits per heavy atom. The van der Waals surface area contributed by atoms with Crippen LogP contribution >= 0.6 is 19.2 Å². The summed E-state index contributed by atoms with van der Waals surface area (Å²) in [6.45, 7) is 7.76. The molecule has 1 amide bonds. The van der Waals surface area contributed by atoms with Gasteiger partial charge in [-0.15, -0.1) is 0 Å². The molecule has 2 atom stereocenters. The lowest BCUT2D eigenvalue weighted by Gasteiger charge is -2.23. The van der Waals surface area contributed by atoms with Crippen molar-refractivity contribution in [2.45, 2.75) is 39.8 Å². The fourth-order valence-electron chi connectivity index (χ4n) is 4.06. The van der Waals surface area contributed by atoms with Crippen LogP contribution in [0.3, 0.4) is 0 Å². The van der Waals surface area contributed by atoms with Crippen LogP contribution in [0.4, 0.5) is 10.5 Å². The number of hydrogen-bond acceptors (Lipinski definition) is 8. The number of Topliss-reactive ketones (excluding diaryl/α,β-unsaturated/α-hetero) is 1. The topological polar surface area (TPSA) is 125 Å². The van der Waals surface area contributed by atoms with Gasteiger partial charge in [0.25, 0.3) is 0 Å². The highest BCUT2D eigenvalue weighted by Gasteiger charge is 2.39. The molecular weight excluding hydrogens is 497 g/mol. The Morgan fingerprint density at radius 1 is 1.20 bits per heavy atom. The molecule has 2 unspecified atom stereocenters. The number of anilines is 1. The summed E-state index contributed by atoms with van der Waals surface area (Å²) in [4.78, 5) is 39.9. The van der Waals surface area contributed by atoms with Crippen LogP contribution in [0.2, 0.25) is 5.02 Å². The van der Waals surface area contributed by atoms with Gasteiger partial charge in [0.1, 0.15) is 11.4 Å². The van der Waals surface area contributed by atoms with Crippen molar-refractivity contribution >= 4 is 53.6 Å². The zero-order valence-corrected chi connectivity index (χ0v) is 21.9. The van der Waals surface area contributed by atoms with Crippen LogP contribution in [-0.4, -0.2) is 60.9 Å². The van der Waals surface area contributed by atoms with Crippen molar-refractivity contribution in [3.63, 3.8) is 0 Å². The number of aromatic nitrogens is 1. The molecule has 0 bridgehead atoms. The highest BCUT2D eigenvalue weighted by atomic mass is 35.5. The summed E-state index contributed by atoms with van der Waals surface area (Å²) in [7, 11) is -3.79. The average molecular weight is 528 g/mol. The van der Waals surface area contributed by atoms with E-state index in [0.717, 1.165) is 0 Å². The molecule has 1 aromatic heterocycles. The van der Waals surface area contributed by atoms with Gasteiger partial charge in [0.2, 0.25) is 5.91 Å². The van der Waals surface area contributed by atoms with Crippen molar-refractivity contribution in [2.75, 3.05) is 38.2 Å². The first-order valence-corrected chi connectivity index (χ1v) is 13.6. The zero-order valence-electron chi connectivity index (χ0n) is 20.3. The lowest BCUT2D eigenvalue weighted by Crippen LogP contribution is -2.29. The molecule has 0 radical (unpaired) electrons. The third-order valence-electron chi connectivity index (χ3n) is 5.76. The summed E-state index contributed by atoms with van der Waals surface area (Å²) in [5.74, 6) is -1.40. The molecule has 2 heterocycles. The Bertz CT molecular complexity index is 1150. The van der Waals surface area contributed by atoms with Crippen molar-refractivity contribution in [3.8, 4) is 0 Å². The molecule has 12 heteroatoms. The minimum absolute atomic E-state index is 0.0161. The minimum atomic E-state index is -3.79. The van der Waals surface area contributed by atoms with Crippen LogP contribution in [0.15, 0.2) is 18.2 Å². The van der Waals surface area contributed by atoms with Gasteiger partial charge in [-0.2, -0.15) is 0 Å². The Labute approximate surface area is 209 Å². The summed E-state index contributed by atoms with van der Waals surface area (Å²) in [6.07, 6.45) is -0.172. The molecule has 0 saturated carbocycles. The fourth-order valence-corrected chi connectivity index (χ4v) is 5.83. The lowest BCUT2D eigenvalue weighted by atomic mass is 9.99. The highest BCUT2D eigenvalue weighted by molar-refractivity contribution is 7.55. The molecule has 35 heavy (non-hydrogen) atoms. The predicted molar refractivity (Wildman–Crippen MR) is 134 cm³/mol. The summed E-state index contributed by atoms with van der Waals surface area (Å²) >= 11 is 6.24. The van der Waals surface area contributed by atoms with Gasteiger partial charge < -0.3 is 24.4 Å². The number of amides is 1. The maximum Gasteiger partial charge on any atom is 0.419 e. The van der Waals surface area contributed by atoms with E-state index in [1.165, 1.54) is 11.5 Å². The number of carbonyl (C=O) groups is 3. The fraction of sp³-hybridized carbons (Fsp3) is 0.522. The van der Waals surface area contributed by atoms with E-state index in [2.05, 4.69) is 10.6 Å². The maximum atomic E-state index is 13.6. The van der Waals surface area contributed by atoms with Crippen LogP contribution in [0.25, 0.3) is 10.9 Å². The van der Waals surface area contributed by atoms with Gasteiger partial charge in [-0.3, -0.25) is 14.2 Å². The van der Waals surface area contributed by atoms with Crippen LogP contribution in [0.5, 0.6) is 0 Å². The van der Waals surface area contributed by atoms with Gasteiger partial charge in [-0.25, -0.2) is 9.36 Å².